The average molecular weight is 285 g/mol. The van der Waals surface area contributed by atoms with Crippen molar-refractivity contribution < 1.29 is 9.13 Å². The van der Waals surface area contributed by atoms with E-state index in [1.807, 2.05) is 18.2 Å². The van der Waals surface area contributed by atoms with Crippen LogP contribution in [0.3, 0.4) is 0 Å². The van der Waals surface area contributed by atoms with Gasteiger partial charge < -0.3 is 10.1 Å². The summed E-state index contributed by atoms with van der Waals surface area (Å²) in [6.07, 6.45) is 2.14. The molecule has 3 rings (SSSR count). The predicted molar refractivity (Wildman–Crippen MR) is 83.5 cm³/mol. The summed E-state index contributed by atoms with van der Waals surface area (Å²) in [5, 5.41) is 3.54. The Morgan fingerprint density at radius 1 is 1.10 bits per heavy atom. The van der Waals surface area contributed by atoms with E-state index < -0.39 is 0 Å². The highest BCUT2D eigenvalue weighted by atomic mass is 19.1. The summed E-state index contributed by atoms with van der Waals surface area (Å²) in [5.74, 6) is 1.25. The number of methoxy groups -OCH3 is 1. The minimum atomic E-state index is -0.169. The molecule has 3 heteroatoms. The van der Waals surface area contributed by atoms with E-state index in [-0.39, 0.29) is 5.82 Å². The molecule has 0 unspecified atom stereocenters. The van der Waals surface area contributed by atoms with Crippen molar-refractivity contribution in [1.82, 2.24) is 0 Å². The van der Waals surface area contributed by atoms with E-state index in [1.54, 1.807) is 19.2 Å². The standard InChI is InChI=1S/C18H20FNO/c1-12-3-8-17(18(9-12)21-2)20-16-10-14(11-16)13-4-6-15(19)7-5-13/h3-9,14,16,20H,10-11H2,1-2H3. The number of hydrogen-bond donors (Lipinski definition) is 1. The highest BCUT2D eigenvalue weighted by Gasteiger charge is 2.30. The quantitative estimate of drug-likeness (QED) is 0.893. The summed E-state index contributed by atoms with van der Waals surface area (Å²) in [6, 6.07) is 13.5. The molecule has 0 radical (unpaired) electrons. The molecular formula is C18H20FNO. The van der Waals surface area contributed by atoms with Gasteiger partial charge >= 0.3 is 0 Å². The van der Waals surface area contributed by atoms with Crippen LogP contribution in [0.15, 0.2) is 42.5 Å². The van der Waals surface area contributed by atoms with Crippen molar-refractivity contribution in [2.75, 3.05) is 12.4 Å². The highest BCUT2D eigenvalue weighted by molar-refractivity contribution is 5.58. The SMILES string of the molecule is COc1cc(C)ccc1NC1CC(c2ccc(F)cc2)C1. The monoisotopic (exact) mass is 285 g/mol. The molecule has 1 N–H and O–H groups in total. The summed E-state index contributed by atoms with van der Waals surface area (Å²) in [7, 11) is 1.70. The molecule has 0 amide bonds. The van der Waals surface area contributed by atoms with E-state index in [0.717, 1.165) is 24.3 Å². The van der Waals surface area contributed by atoms with Crippen LogP contribution in [0, 0.1) is 12.7 Å². The molecule has 0 heterocycles. The molecule has 2 aromatic rings. The number of halogens is 1. The van der Waals surface area contributed by atoms with Gasteiger partial charge in [0.25, 0.3) is 0 Å². The van der Waals surface area contributed by atoms with Crippen molar-refractivity contribution in [3.63, 3.8) is 0 Å². The van der Waals surface area contributed by atoms with Gasteiger partial charge in [-0.1, -0.05) is 18.2 Å². The summed E-state index contributed by atoms with van der Waals surface area (Å²) in [6.45, 7) is 2.06. The molecule has 2 aromatic carbocycles. The average Bonchev–Trinajstić information content (AvgIpc) is 2.45. The molecule has 0 aliphatic heterocycles. The minimum Gasteiger partial charge on any atom is -0.495 e. The first-order valence-electron chi connectivity index (χ1n) is 7.32. The molecule has 21 heavy (non-hydrogen) atoms. The Labute approximate surface area is 125 Å². The third kappa shape index (κ3) is 3.02. The third-order valence-corrected chi connectivity index (χ3v) is 4.20. The molecule has 0 bridgehead atoms. The van der Waals surface area contributed by atoms with E-state index in [0.29, 0.717) is 12.0 Å². The van der Waals surface area contributed by atoms with Crippen molar-refractivity contribution in [2.24, 2.45) is 0 Å². The Bertz CT molecular complexity index is 618. The lowest BCUT2D eigenvalue weighted by Gasteiger charge is -2.37. The molecular weight excluding hydrogens is 265 g/mol. The molecule has 1 aliphatic carbocycles. The van der Waals surface area contributed by atoms with Gasteiger partial charge in [-0.2, -0.15) is 0 Å². The number of benzene rings is 2. The van der Waals surface area contributed by atoms with Gasteiger partial charge in [0.15, 0.2) is 0 Å². The maximum absolute atomic E-state index is 12.9. The van der Waals surface area contributed by atoms with Gasteiger partial charge in [0.05, 0.1) is 12.8 Å². The number of aryl methyl sites for hydroxylation is 1. The van der Waals surface area contributed by atoms with E-state index in [2.05, 4.69) is 24.4 Å². The first kappa shape index (κ1) is 13.9. The van der Waals surface area contributed by atoms with Crippen molar-refractivity contribution in [3.05, 3.63) is 59.4 Å². The van der Waals surface area contributed by atoms with Crippen LogP contribution in [0.1, 0.15) is 29.9 Å². The van der Waals surface area contributed by atoms with E-state index >= 15 is 0 Å². The zero-order valence-electron chi connectivity index (χ0n) is 12.4. The minimum absolute atomic E-state index is 0.169. The van der Waals surface area contributed by atoms with Crippen molar-refractivity contribution in [3.8, 4) is 5.75 Å². The number of rotatable bonds is 4. The lowest BCUT2D eigenvalue weighted by molar-refractivity contribution is 0.370. The van der Waals surface area contributed by atoms with Gasteiger partial charge in [0, 0.05) is 6.04 Å². The number of hydrogen-bond acceptors (Lipinski definition) is 2. The second-order valence-electron chi connectivity index (χ2n) is 5.76. The molecule has 0 aromatic heterocycles. The smallest absolute Gasteiger partial charge is 0.142 e. The highest BCUT2D eigenvalue weighted by Crippen LogP contribution is 2.39. The lowest BCUT2D eigenvalue weighted by atomic mass is 9.76. The lowest BCUT2D eigenvalue weighted by Crippen LogP contribution is -2.34. The predicted octanol–water partition coefficient (Wildman–Crippen LogP) is 4.50. The van der Waals surface area contributed by atoms with Crippen molar-refractivity contribution in [1.29, 1.82) is 0 Å². The van der Waals surface area contributed by atoms with Crippen LogP contribution < -0.4 is 10.1 Å². The Morgan fingerprint density at radius 2 is 1.81 bits per heavy atom. The fourth-order valence-electron chi connectivity index (χ4n) is 2.88. The van der Waals surface area contributed by atoms with Crippen LogP contribution in [-0.2, 0) is 0 Å². The van der Waals surface area contributed by atoms with Gasteiger partial charge in [-0.15, -0.1) is 0 Å². The number of ether oxygens (including phenoxy) is 1. The molecule has 110 valence electrons. The zero-order chi connectivity index (χ0) is 14.8. The van der Waals surface area contributed by atoms with Crippen LogP contribution in [0.5, 0.6) is 5.75 Å². The summed E-state index contributed by atoms with van der Waals surface area (Å²) in [5.41, 5.74) is 3.46. The first-order valence-corrected chi connectivity index (χ1v) is 7.32. The zero-order valence-corrected chi connectivity index (χ0v) is 12.4. The van der Waals surface area contributed by atoms with E-state index in [4.69, 9.17) is 4.74 Å². The van der Waals surface area contributed by atoms with Crippen LogP contribution in [-0.4, -0.2) is 13.2 Å². The fraction of sp³-hybridized carbons (Fsp3) is 0.333. The molecule has 0 saturated heterocycles. The molecule has 0 spiro atoms. The summed E-state index contributed by atoms with van der Waals surface area (Å²) >= 11 is 0. The maximum atomic E-state index is 12.9. The number of anilines is 1. The third-order valence-electron chi connectivity index (χ3n) is 4.20. The van der Waals surface area contributed by atoms with Crippen molar-refractivity contribution >= 4 is 5.69 Å². The largest absolute Gasteiger partial charge is 0.495 e. The molecule has 0 atom stereocenters. The Hall–Kier alpha value is -2.03. The van der Waals surface area contributed by atoms with Gasteiger partial charge in [-0.3, -0.25) is 0 Å². The van der Waals surface area contributed by atoms with Crippen LogP contribution in [0.25, 0.3) is 0 Å². The van der Waals surface area contributed by atoms with Gasteiger partial charge in [-0.05, 0) is 61.1 Å². The van der Waals surface area contributed by atoms with E-state index in [9.17, 15) is 4.39 Å². The normalized spacial score (nSPS) is 20.7. The summed E-state index contributed by atoms with van der Waals surface area (Å²) in [4.78, 5) is 0. The van der Waals surface area contributed by atoms with Crippen LogP contribution in [0.2, 0.25) is 0 Å². The fourth-order valence-corrected chi connectivity index (χ4v) is 2.88. The van der Waals surface area contributed by atoms with E-state index in [1.165, 1.54) is 11.1 Å². The molecule has 2 nitrogen and oxygen atoms in total. The van der Waals surface area contributed by atoms with Gasteiger partial charge in [0.2, 0.25) is 0 Å². The Balaban J connectivity index is 1.61. The van der Waals surface area contributed by atoms with Crippen LogP contribution >= 0.6 is 0 Å². The summed E-state index contributed by atoms with van der Waals surface area (Å²) < 4.78 is 18.3. The molecule has 1 aliphatic rings. The van der Waals surface area contributed by atoms with Crippen LogP contribution in [0.4, 0.5) is 10.1 Å². The topological polar surface area (TPSA) is 21.3 Å². The first-order chi connectivity index (χ1) is 10.2. The van der Waals surface area contributed by atoms with Gasteiger partial charge in [-0.25, -0.2) is 4.39 Å². The van der Waals surface area contributed by atoms with Crippen molar-refractivity contribution in [2.45, 2.75) is 31.7 Å². The second-order valence-corrected chi connectivity index (χ2v) is 5.76. The second kappa shape index (κ2) is 5.76. The molecule has 1 fully saturated rings. The van der Waals surface area contributed by atoms with Gasteiger partial charge in [0.1, 0.15) is 11.6 Å². The maximum Gasteiger partial charge on any atom is 0.142 e. The number of nitrogens with one attached hydrogen (secondary N) is 1. The Kier molecular flexibility index (Phi) is 3.82. The Morgan fingerprint density at radius 3 is 2.48 bits per heavy atom. The molecule has 1 saturated carbocycles.